The van der Waals surface area contributed by atoms with Gasteiger partial charge in [0, 0.05) is 44.9 Å². The molecule has 0 aromatic heterocycles. The fourth-order valence-electron chi connectivity index (χ4n) is 7.13. The van der Waals surface area contributed by atoms with Gasteiger partial charge in [0.15, 0.2) is 32.0 Å². The first-order valence-corrected chi connectivity index (χ1v) is 25.6. The monoisotopic (exact) mass is 915 g/mol. The van der Waals surface area contributed by atoms with Crippen LogP contribution in [0.2, 0.25) is 0 Å². The molecule has 5 fully saturated rings. The fraction of sp³-hybridized carbons (Fsp3) is 0.741. The number of hydrogen-bond acceptors (Lipinski definition) is 11. The van der Waals surface area contributed by atoms with Crippen molar-refractivity contribution in [2.45, 2.75) is 246 Å². The Hall–Kier alpha value is -2.26. The molecule has 5 aliphatic heterocycles. The van der Waals surface area contributed by atoms with Crippen LogP contribution in [0.3, 0.4) is 0 Å². The molecule has 8 unspecified atom stereocenters. The van der Waals surface area contributed by atoms with Crippen molar-refractivity contribution in [2.24, 2.45) is 5.92 Å². The summed E-state index contributed by atoms with van der Waals surface area (Å²) in [5, 5.41) is 0. The van der Waals surface area contributed by atoms with Crippen LogP contribution in [0.15, 0.2) is 85.1 Å². The van der Waals surface area contributed by atoms with Crippen molar-refractivity contribution < 1.29 is 52.1 Å². The Labute approximate surface area is 394 Å². The van der Waals surface area contributed by atoms with Gasteiger partial charge in [0.05, 0.1) is 0 Å². The van der Waals surface area contributed by atoms with Crippen molar-refractivity contribution in [3.05, 3.63) is 85.1 Å². The van der Waals surface area contributed by atoms with Gasteiger partial charge in [-0.05, 0) is 57.3 Å². The zero-order chi connectivity index (χ0) is 46.9. The highest BCUT2D eigenvalue weighted by atomic mass is 17.1. The molecular formula is C54H90O11. The van der Waals surface area contributed by atoms with E-state index in [1.165, 1.54) is 0 Å². The third kappa shape index (κ3) is 23.5. The molecule has 0 aromatic carbocycles. The summed E-state index contributed by atoms with van der Waals surface area (Å²) in [6.07, 6.45) is 41.3. The van der Waals surface area contributed by atoms with Crippen molar-refractivity contribution in [3.8, 4) is 0 Å². The number of allylic oxidation sites excluding steroid dienone is 7. The maximum absolute atomic E-state index is 7.23. The van der Waals surface area contributed by atoms with Gasteiger partial charge < -0.3 is 9.47 Å². The number of rotatable bonds is 30. The first kappa shape index (κ1) is 57.1. The van der Waals surface area contributed by atoms with Crippen LogP contribution in [-0.2, 0) is 52.1 Å². The molecule has 5 rings (SSSR count). The average Bonchev–Trinajstić information content (AvgIpc) is 3.26. The second kappa shape index (κ2) is 34.1. The van der Waals surface area contributed by atoms with Gasteiger partial charge in [0.2, 0.25) is 0 Å². The summed E-state index contributed by atoms with van der Waals surface area (Å²) in [4.78, 5) is 0. The first-order chi connectivity index (χ1) is 31.7. The quantitative estimate of drug-likeness (QED) is 0.0508. The molecule has 4 bridgehead atoms. The standard InChI is InChI=1S/C54H90O11/c1-9-15-21-30-38-47-57-48(39-31-22-16-10-2)61-54(44-36-28-27-29-37-46(7)8)64-51-55-45-56-52(65-54,42-34-25-19-13-5)62-50(41-33-24-18-12-4)63-53(59-47,43-35-26-20-14-6)60-49(58-51)40-32-23-17-11-3/h21-26,28,30-36,46-51H,9-20,27,29,37-45H2,1-8H3. The van der Waals surface area contributed by atoms with Crippen LogP contribution in [0.25, 0.3) is 0 Å². The lowest BCUT2D eigenvalue weighted by molar-refractivity contribution is -0.608. The molecule has 11 heteroatoms. The summed E-state index contributed by atoms with van der Waals surface area (Å²) in [6.45, 7) is 15.7. The van der Waals surface area contributed by atoms with Crippen LogP contribution in [0.4, 0.5) is 0 Å². The highest BCUT2D eigenvalue weighted by Gasteiger charge is 2.54. The maximum Gasteiger partial charge on any atom is 0.297 e. The normalized spacial score (nSPS) is 29.9. The lowest BCUT2D eigenvalue weighted by atomic mass is 10.1. The van der Waals surface area contributed by atoms with E-state index in [1.54, 1.807) is 0 Å². The molecular weight excluding hydrogens is 825 g/mol. The van der Waals surface area contributed by atoms with Crippen molar-refractivity contribution in [1.29, 1.82) is 0 Å². The minimum Gasteiger partial charge on any atom is -0.323 e. The minimum absolute atomic E-state index is 0.113. The van der Waals surface area contributed by atoms with Crippen molar-refractivity contribution >= 4 is 0 Å². The zero-order valence-corrected chi connectivity index (χ0v) is 41.8. The summed E-state index contributed by atoms with van der Waals surface area (Å²) in [6, 6.07) is 0. The second-order valence-corrected chi connectivity index (χ2v) is 17.5. The van der Waals surface area contributed by atoms with Crippen LogP contribution in [0, 0.1) is 5.92 Å². The second-order valence-electron chi connectivity index (χ2n) is 17.5. The molecule has 5 aliphatic rings. The highest BCUT2D eigenvalue weighted by molar-refractivity contribution is 4.94. The van der Waals surface area contributed by atoms with E-state index in [4.69, 9.17) is 52.1 Å². The van der Waals surface area contributed by atoms with E-state index in [9.17, 15) is 0 Å². The highest BCUT2D eigenvalue weighted by Crippen LogP contribution is 2.42. The van der Waals surface area contributed by atoms with Gasteiger partial charge in [-0.2, -0.15) is 0 Å². The molecule has 8 atom stereocenters. The van der Waals surface area contributed by atoms with E-state index >= 15 is 0 Å². The van der Waals surface area contributed by atoms with E-state index in [1.807, 2.05) is 24.3 Å². The maximum atomic E-state index is 7.23. The largest absolute Gasteiger partial charge is 0.323 e. The van der Waals surface area contributed by atoms with Gasteiger partial charge in [-0.3, -0.25) is 42.6 Å². The summed E-state index contributed by atoms with van der Waals surface area (Å²) in [5.74, 6) is -4.99. The third-order valence-corrected chi connectivity index (χ3v) is 10.7. The van der Waals surface area contributed by atoms with Crippen molar-refractivity contribution in [1.82, 2.24) is 0 Å². The Morgan fingerprint density at radius 3 is 1.29 bits per heavy atom. The SMILES string of the molecule is CCCC=CCC1OC(CC=CCCC)OC2(CC=CCCCC(C)C)OC3OCOC(CC=CCCC)(OC(CC=CCCC)OC(CC=CCCC)(O1)OC(CC=CCCC)O3)O2. The first-order valence-electron chi connectivity index (χ1n) is 25.6. The minimum atomic E-state index is -1.94. The Bertz CT molecular complexity index is 1420. The average molecular weight is 915 g/mol. The molecule has 0 N–H and O–H groups in total. The molecule has 0 aliphatic carbocycles. The van der Waals surface area contributed by atoms with Gasteiger partial charge >= 0.3 is 0 Å². The molecule has 5 heterocycles. The van der Waals surface area contributed by atoms with Crippen LogP contribution in [0.1, 0.15) is 197 Å². The molecule has 0 radical (unpaired) electrons. The van der Waals surface area contributed by atoms with Gasteiger partial charge in [0.1, 0.15) is 0 Å². The summed E-state index contributed by atoms with van der Waals surface area (Å²) >= 11 is 0. The van der Waals surface area contributed by atoms with E-state index in [0.717, 1.165) is 96.3 Å². The Morgan fingerprint density at radius 1 is 0.415 bits per heavy atom. The lowest BCUT2D eigenvalue weighted by Gasteiger charge is -2.49. The Kier molecular flexibility index (Phi) is 29.9. The number of unbranched alkanes of at least 4 members (excludes halogenated alkanes) is 7. The van der Waals surface area contributed by atoms with E-state index in [0.29, 0.717) is 31.6 Å². The van der Waals surface area contributed by atoms with E-state index in [-0.39, 0.29) is 26.1 Å². The molecule has 0 saturated carbocycles. The Balaban J connectivity index is 2.44. The predicted molar refractivity (Wildman–Crippen MR) is 258 cm³/mol. The summed E-state index contributed by atoms with van der Waals surface area (Å²) in [5.41, 5.74) is 0. The van der Waals surface area contributed by atoms with Crippen molar-refractivity contribution in [2.75, 3.05) is 6.79 Å². The van der Waals surface area contributed by atoms with Gasteiger partial charge in [-0.15, -0.1) is 0 Å². The number of ether oxygens (including phenoxy) is 11. The van der Waals surface area contributed by atoms with Crippen LogP contribution >= 0.6 is 0 Å². The van der Waals surface area contributed by atoms with E-state index in [2.05, 4.69) is 116 Å². The lowest BCUT2D eigenvalue weighted by Crippen LogP contribution is -2.60. The molecule has 65 heavy (non-hydrogen) atoms. The zero-order valence-electron chi connectivity index (χ0n) is 41.8. The van der Waals surface area contributed by atoms with Gasteiger partial charge in [0.25, 0.3) is 24.4 Å². The Morgan fingerprint density at radius 2 is 0.800 bits per heavy atom. The molecule has 0 aromatic rings. The van der Waals surface area contributed by atoms with Gasteiger partial charge in [-0.25, -0.2) is 0 Å². The number of fused-ring (bicyclic) bond motifs is 6. The molecule has 372 valence electrons. The molecule has 0 amide bonds. The van der Waals surface area contributed by atoms with Crippen molar-refractivity contribution in [3.63, 3.8) is 0 Å². The van der Waals surface area contributed by atoms with Crippen LogP contribution in [-0.4, -0.2) is 56.3 Å². The van der Waals surface area contributed by atoms with Crippen LogP contribution < -0.4 is 0 Å². The van der Waals surface area contributed by atoms with Gasteiger partial charge in [-0.1, -0.05) is 185 Å². The molecule has 5 saturated heterocycles. The predicted octanol–water partition coefficient (Wildman–Crippen LogP) is 15.0. The topological polar surface area (TPSA) is 102 Å². The molecule has 11 nitrogen and oxygen atoms in total. The summed E-state index contributed by atoms with van der Waals surface area (Å²) < 4.78 is 76.7. The van der Waals surface area contributed by atoms with E-state index < -0.39 is 49.6 Å². The van der Waals surface area contributed by atoms with Crippen LogP contribution in [0.5, 0.6) is 0 Å². The number of hydrogen-bond donors (Lipinski definition) is 0. The fourth-order valence-corrected chi connectivity index (χ4v) is 7.13. The summed E-state index contributed by atoms with van der Waals surface area (Å²) in [7, 11) is 0. The smallest absolute Gasteiger partial charge is 0.297 e. The molecule has 0 spiro atoms. The third-order valence-electron chi connectivity index (χ3n) is 10.7.